The number of halogens is 1. The Bertz CT molecular complexity index is 797. The first-order chi connectivity index (χ1) is 12.0. The summed E-state index contributed by atoms with van der Waals surface area (Å²) in [6.07, 6.45) is 0.150. The molecular formula is C19H17FN2O3. The Morgan fingerprint density at radius 2 is 1.92 bits per heavy atom. The number of aryl methyl sites for hydroxylation is 1. The molecule has 0 N–H and O–H groups in total. The summed E-state index contributed by atoms with van der Waals surface area (Å²) in [6, 6.07) is 14.3. The van der Waals surface area contributed by atoms with E-state index >= 15 is 0 Å². The second kappa shape index (κ2) is 8.60. The van der Waals surface area contributed by atoms with Crippen LogP contribution in [0.2, 0.25) is 0 Å². The summed E-state index contributed by atoms with van der Waals surface area (Å²) >= 11 is 0. The Labute approximate surface area is 145 Å². The van der Waals surface area contributed by atoms with Crippen LogP contribution in [0, 0.1) is 24.1 Å². The van der Waals surface area contributed by atoms with Gasteiger partial charge in [-0.3, -0.25) is 4.79 Å². The van der Waals surface area contributed by atoms with Crippen LogP contribution in [0.3, 0.4) is 0 Å². The number of hydrogen-bond donors (Lipinski definition) is 0. The molecule has 2 rings (SSSR count). The Kier molecular flexibility index (Phi) is 6.24. The molecule has 0 bridgehead atoms. The number of hydrogen-bond acceptors (Lipinski definition) is 4. The number of benzene rings is 2. The van der Waals surface area contributed by atoms with Gasteiger partial charge in [-0.25, -0.2) is 9.18 Å². The average molecular weight is 340 g/mol. The lowest BCUT2D eigenvalue weighted by Gasteiger charge is -2.21. The van der Waals surface area contributed by atoms with Gasteiger partial charge in [0.2, 0.25) is 0 Å². The fourth-order valence-electron chi connectivity index (χ4n) is 2.19. The van der Waals surface area contributed by atoms with Gasteiger partial charge in [-0.05, 0) is 37.3 Å². The number of anilines is 1. The maximum absolute atomic E-state index is 13.1. The molecule has 0 atom stereocenters. The third-order valence-electron chi connectivity index (χ3n) is 3.48. The molecule has 0 radical (unpaired) electrons. The Hall–Kier alpha value is -3.20. The Morgan fingerprint density at radius 3 is 2.56 bits per heavy atom. The van der Waals surface area contributed by atoms with Crippen LogP contribution in [0.1, 0.15) is 22.3 Å². The standard InChI is InChI=1S/C19H17FN2O3/c1-14-6-8-17(9-7-14)22(11-3-10-21)18(23)13-25-19(24)15-4-2-5-16(20)12-15/h2,4-9,12H,3,11,13H2,1H3. The number of carbonyl (C=O) groups excluding carboxylic acids is 2. The van der Waals surface area contributed by atoms with Crippen molar-refractivity contribution in [3.05, 3.63) is 65.5 Å². The highest BCUT2D eigenvalue weighted by molar-refractivity contribution is 5.97. The van der Waals surface area contributed by atoms with E-state index in [0.717, 1.165) is 11.6 Å². The number of nitriles is 1. The van der Waals surface area contributed by atoms with E-state index in [0.29, 0.717) is 5.69 Å². The van der Waals surface area contributed by atoms with Crippen LogP contribution in [0.5, 0.6) is 0 Å². The number of amides is 1. The first-order valence-electron chi connectivity index (χ1n) is 7.68. The quantitative estimate of drug-likeness (QED) is 0.757. The molecule has 0 saturated heterocycles. The van der Waals surface area contributed by atoms with Gasteiger partial charge in [0.05, 0.1) is 18.1 Å². The Balaban J connectivity index is 2.05. The monoisotopic (exact) mass is 340 g/mol. The maximum atomic E-state index is 13.1. The lowest BCUT2D eigenvalue weighted by molar-refractivity contribution is -0.121. The molecule has 0 aliphatic carbocycles. The molecule has 2 aromatic rings. The molecule has 1 amide bonds. The number of carbonyl (C=O) groups is 2. The zero-order valence-electron chi connectivity index (χ0n) is 13.7. The van der Waals surface area contributed by atoms with Gasteiger partial charge >= 0.3 is 5.97 Å². The number of ether oxygens (including phenoxy) is 1. The molecule has 6 heteroatoms. The number of esters is 1. The third-order valence-corrected chi connectivity index (χ3v) is 3.48. The van der Waals surface area contributed by atoms with E-state index < -0.39 is 24.3 Å². The van der Waals surface area contributed by atoms with E-state index in [1.54, 1.807) is 12.1 Å². The minimum atomic E-state index is -0.781. The minimum Gasteiger partial charge on any atom is -0.452 e. The van der Waals surface area contributed by atoms with Gasteiger partial charge in [-0.1, -0.05) is 23.8 Å². The smallest absolute Gasteiger partial charge is 0.338 e. The predicted molar refractivity (Wildman–Crippen MR) is 90.4 cm³/mol. The van der Waals surface area contributed by atoms with Crippen molar-refractivity contribution in [3.8, 4) is 6.07 Å². The maximum Gasteiger partial charge on any atom is 0.338 e. The lowest BCUT2D eigenvalue weighted by atomic mass is 10.2. The third kappa shape index (κ3) is 5.15. The summed E-state index contributed by atoms with van der Waals surface area (Å²) in [7, 11) is 0. The summed E-state index contributed by atoms with van der Waals surface area (Å²) in [5.74, 6) is -1.79. The molecule has 0 heterocycles. The Morgan fingerprint density at radius 1 is 1.20 bits per heavy atom. The number of nitrogens with zero attached hydrogens (tertiary/aromatic N) is 2. The van der Waals surface area contributed by atoms with Crippen LogP contribution in [-0.4, -0.2) is 25.0 Å². The van der Waals surface area contributed by atoms with Crippen molar-refractivity contribution in [3.63, 3.8) is 0 Å². The summed E-state index contributed by atoms with van der Waals surface area (Å²) in [5, 5.41) is 8.77. The normalized spacial score (nSPS) is 9.96. The molecule has 0 aromatic heterocycles. The summed E-state index contributed by atoms with van der Waals surface area (Å²) in [5.41, 5.74) is 1.69. The lowest BCUT2D eigenvalue weighted by Crippen LogP contribution is -2.35. The molecule has 5 nitrogen and oxygen atoms in total. The molecular weight excluding hydrogens is 323 g/mol. The second-order valence-corrected chi connectivity index (χ2v) is 5.38. The van der Waals surface area contributed by atoms with Crippen LogP contribution in [0.25, 0.3) is 0 Å². The molecule has 0 saturated carbocycles. The average Bonchev–Trinajstić information content (AvgIpc) is 2.61. The summed E-state index contributed by atoms with van der Waals surface area (Å²) in [4.78, 5) is 25.7. The van der Waals surface area contributed by atoms with Crippen molar-refractivity contribution < 1.29 is 18.7 Å². The van der Waals surface area contributed by atoms with E-state index in [1.807, 2.05) is 25.1 Å². The molecule has 0 aliphatic heterocycles. The molecule has 25 heavy (non-hydrogen) atoms. The van der Waals surface area contributed by atoms with Crippen molar-refractivity contribution >= 4 is 17.6 Å². The van der Waals surface area contributed by atoms with Crippen molar-refractivity contribution in [1.82, 2.24) is 0 Å². The fourth-order valence-corrected chi connectivity index (χ4v) is 2.19. The predicted octanol–water partition coefficient (Wildman–Crippen LogP) is 3.24. The molecule has 0 spiro atoms. The van der Waals surface area contributed by atoms with Crippen LogP contribution in [0.4, 0.5) is 10.1 Å². The van der Waals surface area contributed by atoms with Gasteiger partial charge in [0, 0.05) is 12.2 Å². The molecule has 128 valence electrons. The highest BCUT2D eigenvalue weighted by Gasteiger charge is 2.18. The van der Waals surface area contributed by atoms with E-state index in [1.165, 1.54) is 23.1 Å². The highest BCUT2D eigenvalue weighted by atomic mass is 19.1. The van der Waals surface area contributed by atoms with Crippen LogP contribution >= 0.6 is 0 Å². The van der Waals surface area contributed by atoms with Crippen LogP contribution in [0.15, 0.2) is 48.5 Å². The molecule has 0 fully saturated rings. The second-order valence-electron chi connectivity index (χ2n) is 5.38. The first-order valence-corrected chi connectivity index (χ1v) is 7.68. The van der Waals surface area contributed by atoms with E-state index in [2.05, 4.69) is 0 Å². The molecule has 2 aromatic carbocycles. The van der Waals surface area contributed by atoms with E-state index in [4.69, 9.17) is 10.00 Å². The topological polar surface area (TPSA) is 70.4 Å². The van der Waals surface area contributed by atoms with Gasteiger partial charge in [0.1, 0.15) is 5.82 Å². The first kappa shape index (κ1) is 18.1. The number of rotatable bonds is 6. The summed E-state index contributed by atoms with van der Waals surface area (Å²) < 4.78 is 18.1. The van der Waals surface area contributed by atoms with Crippen molar-refractivity contribution in [2.24, 2.45) is 0 Å². The van der Waals surface area contributed by atoms with Crippen LogP contribution in [-0.2, 0) is 9.53 Å². The van der Waals surface area contributed by atoms with Crippen LogP contribution < -0.4 is 4.90 Å². The SMILES string of the molecule is Cc1ccc(N(CCC#N)C(=O)COC(=O)c2cccc(F)c2)cc1. The largest absolute Gasteiger partial charge is 0.452 e. The van der Waals surface area contributed by atoms with E-state index in [9.17, 15) is 14.0 Å². The van der Waals surface area contributed by atoms with Gasteiger partial charge in [0.15, 0.2) is 6.61 Å². The van der Waals surface area contributed by atoms with Gasteiger partial charge in [0.25, 0.3) is 5.91 Å². The zero-order chi connectivity index (χ0) is 18.2. The molecule has 0 aliphatic rings. The van der Waals surface area contributed by atoms with Gasteiger partial charge in [-0.2, -0.15) is 5.26 Å². The van der Waals surface area contributed by atoms with Gasteiger partial charge in [-0.15, -0.1) is 0 Å². The highest BCUT2D eigenvalue weighted by Crippen LogP contribution is 2.16. The minimum absolute atomic E-state index is 0.0340. The summed E-state index contributed by atoms with van der Waals surface area (Å²) in [6.45, 7) is 1.62. The van der Waals surface area contributed by atoms with Crippen molar-refractivity contribution in [2.75, 3.05) is 18.1 Å². The molecule has 0 unspecified atom stereocenters. The fraction of sp³-hybridized carbons (Fsp3) is 0.211. The zero-order valence-corrected chi connectivity index (χ0v) is 13.7. The van der Waals surface area contributed by atoms with Gasteiger partial charge < -0.3 is 9.64 Å². The van der Waals surface area contributed by atoms with Crippen molar-refractivity contribution in [1.29, 1.82) is 5.26 Å². The van der Waals surface area contributed by atoms with E-state index in [-0.39, 0.29) is 18.5 Å². The van der Waals surface area contributed by atoms with Crippen molar-refractivity contribution in [2.45, 2.75) is 13.3 Å².